The summed E-state index contributed by atoms with van der Waals surface area (Å²) in [6.07, 6.45) is -1.35. The van der Waals surface area contributed by atoms with Gasteiger partial charge in [0.1, 0.15) is 17.4 Å². The first-order valence-electron chi connectivity index (χ1n) is 7.87. The molecule has 0 amide bonds. The zero-order valence-corrected chi connectivity index (χ0v) is 14.4. The molecule has 0 aliphatic rings. The number of aromatic nitrogens is 2. The van der Waals surface area contributed by atoms with Crippen LogP contribution >= 0.6 is 0 Å². The van der Waals surface area contributed by atoms with Crippen molar-refractivity contribution in [3.05, 3.63) is 53.9 Å². The van der Waals surface area contributed by atoms with E-state index in [-0.39, 0.29) is 11.6 Å². The summed E-state index contributed by atoms with van der Waals surface area (Å²) in [5.41, 5.74) is 8.68. The largest absolute Gasteiger partial charge is 0.511 e. The highest BCUT2D eigenvalue weighted by Gasteiger charge is 2.12. The molecule has 0 saturated heterocycles. The number of nitrogens with zero attached hydrogens (tertiary/aromatic N) is 3. The van der Waals surface area contributed by atoms with Crippen molar-refractivity contribution in [3.63, 3.8) is 0 Å². The van der Waals surface area contributed by atoms with Gasteiger partial charge in [0.25, 0.3) is 0 Å². The van der Waals surface area contributed by atoms with Crippen LogP contribution in [0, 0.1) is 5.41 Å². The van der Waals surface area contributed by atoms with Gasteiger partial charge in [-0.05, 0) is 36.4 Å². The Hall–Kier alpha value is -3.55. The average molecular weight is 353 g/mol. The van der Waals surface area contributed by atoms with E-state index in [4.69, 9.17) is 16.2 Å². The number of carboxylic acid groups (broad SMARTS) is 1. The van der Waals surface area contributed by atoms with Crippen LogP contribution in [0.1, 0.15) is 11.4 Å². The van der Waals surface area contributed by atoms with Crippen molar-refractivity contribution < 1.29 is 14.6 Å². The van der Waals surface area contributed by atoms with Gasteiger partial charge in [0.2, 0.25) is 0 Å². The van der Waals surface area contributed by atoms with Gasteiger partial charge < -0.3 is 25.0 Å². The molecule has 3 rings (SSSR count). The summed E-state index contributed by atoms with van der Waals surface area (Å²) < 4.78 is 6.64. The maximum Gasteiger partial charge on any atom is 0.511 e. The molecule has 1 heterocycles. The van der Waals surface area contributed by atoms with Crippen molar-refractivity contribution in [2.45, 2.75) is 6.54 Å². The fraction of sp³-hybridized carbons (Fsp3) is 0.167. The molecule has 0 bridgehead atoms. The first-order valence-corrected chi connectivity index (χ1v) is 7.87. The summed E-state index contributed by atoms with van der Waals surface area (Å²) in [5.74, 6) is 1.10. The molecule has 1 aromatic heterocycles. The Morgan fingerprint density at radius 1 is 1.31 bits per heavy atom. The van der Waals surface area contributed by atoms with Crippen LogP contribution in [-0.4, -0.2) is 33.7 Å². The Labute approximate surface area is 149 Å². The number of benzene rings is 2. The van der Waals surface area contributed by atoms with E-state index in [1.807, 2.05) is 35.7 Å². The Morgan fingerprint density at radius 3 is 2.62 bits per heavy atom. The van der Waals surface area contributed by atoms with Crippen molar-refractivity contribution >= 4 is 28.7 Å². The summed E-state index contributed by atoms with van der Waals surface area (Å²) in [7, 11) is 3.86. The highest BCUT2D eigenvalue weighted by molar-refractivity contribution is 5.95. The summed E-state index contributed by atoms with van der Waals surface area (Å²) in [6, 6.07) is 12.4. The number of nitrogens with one attached hydrogen (secondary N) is 1. The second-order valence-electron chi connectivity index (χ2n) is 5.92. The van der Waals surface area contributed by atoms with Crippen LogP contribution in [0.4, 0.5) is 10.5 Å². The number of imidazole rings is 1. The van der Waals surface area contributed by atoms with Gasteiger partial charge in [0.15, 0.2) is 0 Å². The van der Waals surface area contributed by atoms with Gasteiger partial charge in [-0.3, -0.25) is 5.41 Å². The van der Waals surface area contributed by atoms with E-state index in [0.717, 1.165) is 17.0 Å². The first-order chi connectivity index (χ1) is 12.3. The van der Waals surface area contributed by atoms with E-state index < -0.39 is 6.16 Å². The lowest BCUT2D eigenvalue weighted by molar-refractivity contribution is 0.144. The van der Waals surface area contributed by atoms with Gasteiger partial charge in [-0.25, -0.2) is 9.78 Å². The molecule has 8 heteroatoms. The van der Waals surface area contributed by atoms with Gasteiger partial charge in [-0.1, -0.05) is 0 Å². The van der Waals surface area contributed by atoms with Gasteiger partial charge in [-0.15, -0.1) is 0 Å². The summed E-state index contributed by atoms with van der Waals surface area (Å²) in [4.78, 5) is 17.3. The molecule has 0 aliphatic carbocycles. The molecule has 0 fully saturated rings. The number of amidine groups is 1. The van der Waals surface area contributed by atoms with E-state index in [1.165, 1.54) is 0 Å². The van der Waals surface area contributed by atoms with Crippen LogP contribution in [0.5, 0.6) is 5.75 Å². The molecule has 0 saturated carbocycles. The van der Waals surface area contributed by atoms with Crippen molar-refractivity contribution in [1.82, 2.24) is 9.55 Å². The minimum Gasteiger partial charge on any atom is -0.449 e. The molecule has 8 nitrogen and oxygen atoms in total. The van der Waals surface area contributed by atoms with Gasteiger partial charge >= 0.3 is 6.16 Å². The Morgan fingerprint density at radius 2 is 2.00 bits per heavy atom. The van der Waals surface area contributed by atoms with Gasteiger partial charge in [-0.2, -0.15) is 0 Å². The standard InChI is InChI=1S/C18H19N5O3/c1-22(12-5-3-11(4-6-12)17(19)20)10-16-21-14-9-13(26-18(24)25)7-8-15(14)23(16)2/h3-9H,10H2,1-2H3,(H3,19,20)(H,24,25). The molecule has 0 aliphatic heterocycles. The number of nitrogens with two attached hydrogens (primary N) is 1. The van der Waals surface area contributed by atoms with E-state index in [9.17, 15) is 4.79 Å². The quantitative estimate of drug-likeness (QED) is 0.281. The fourth-order valence-electron chi connectivity index (χ4n) is 2.73. The number of fused-ring (bicyclic) bond motifs is 1. The van der Waals surface area contributed by atoms with E-state index in [0.29, 0.717) is 17.6 Å². The molecule has 3 aromatic rings. The third-order valence-electron chi connectivity index (χ3n) is 4.15. The zero-order valence-electron chi connectivity index (χ0n) is 14.4. The van der Waals surface area contributed by atoms with Gasteiger partial charge in [0.05, 0.1) is 17.6 Å². The molecular weight excluding hydrogens is 334 g/mol. The third-order valence-corrected chi connectivity index (χ3v) is 4.15. The Balaban J connectivity index is 1.84. The van der Waals surface area contributed by atoms with Crippen LogP contribution in [-0.2, 0) is 13.6 Å². The van der Waals surface area contributed by atoms with Crippen LogP contribution in [0.25, 0.3) is 11.0 Å². The number of ether oxygens (including phenoxy) is 1. The molecule has 26 heavy (non-hydrogen) atoms. The van der Waals surface area contributed by atoms with E-state index in [1.54, 1.807) is 30.3 Å². The Kier molecular flexibility index (Phi) is 4.49. The average Bonchev–Trinajstić information content (AvgIpc) is 2.89. The first kappa shape index (κ1) is 17.3. The lowest BCUT2D eigenvalue weighted by Gasteiger charge is -2.19. The number of nitrogen functional groups attached to an aromatic ring is 1. The van der Waals surface area contributed by atoms with E-state index >= 15 is 0 Å². The highest BCUT2D eigenvalue weighted by atomic mass is 16.7. The second-order valence-corrected chi connectivity index (χ2v) is 5.92. The van der Waals surface area contributed by atoms with Crippen molar-refractivity contribution in [2.75, 3.05) is 11.9 Å². The third kappa shape index (κ3) is 3.44. The number of rotatable bonds is 5. The molecule has 0 spiro atoms. The SMILES string of the molecule is CN(Cc1nc2cc(OC(=O)O)ccc2n1C)c1ccc(C(=N)N)cc1. The van der Waals surface area contributed by atoms with Crippen molar-refractivity contribution in [2.24, 2.45) is 12.8 Å². The van der Waals surface area contributed by atoms with Crippen LogP contribution in [0.15, 0.2) is 42.5 Å². The maximum absolute atomic E-state index is 10.7. The lowest BCUT2D eigenvalue weighted by atomic mass is 10.2. The molecule has 134 valence electrons. The molecular formula is C18H19N5O3. The van der Waals surface area contributed by atoms with Crippen molar-refractivity contribution in [3.8, 4) is 5.75 Å². The summed E-state index contributed by atoms with van der Waals surface area (Å²) in [5, 5.41) is 16.2. The number of aryl methyl sites for hydroxylation is 1. The monoisotopic (exact) mass is 353 g/mol. The normalized spacial score (nSPS) is 10.7. The Bertz CT molecular complexity index is 978. The molecule has 2 aromatic carbocycles. The highest BCUT2D eigenvalue weighted by Crippen LogP contribution is 2.23. The topological polar surface area (TPSA) is 117 Å². The predicted molar refractivity (Wildman–Crippen MR) is 98.9 cm³/mol. The smallest absolute Gasteiger partial charge is 0.449 e. The molecule has 4 N–H and O–H groups in total. The number of hydrogen-bond acceptors (Lipinski definition) is 5. The van der Waals surface area contributed by atoms with Crippen LogP contribution in [0.2, 0.25) is 0 Å². The van der Waals surface area contributed by atoms with Gasteiger partial charge in [0, 0.05) is 31.4 Å². The second kappa shape index (κ2) is 6.75. The number of hydrogen-bond donors (Lipinski definition) is 3. The fourth-order valence-corrected chi connectivity index (χ4v) is 2.73. The number of anilines is 1. The molecule has 0 atom stereocenters. The molecule has 0 radical (unpaired) electrons. The minimum absolute atomic E-state index is 0.0361. The minimum atomic E-state index is -1.35. The van der Waals surface area contributed by atoms with Crippen molar-refractivity contribution in [1.29, 1.82) is 5.41 Å². The predicted octanol–water partition coefficient (Wildman–Crippen LogP) is 2.55. The zero-order chi connectivity index (χ0) is 18.8. The molecule has 0 unspecified atom stereocenters. The summed E-state index contributed by atoms with van der Waals surface area (Å²) >= 11 is 0. The van der Waals surface area contributed by atoms with Crippen LogP contribution < -0.4 is 15.4 Å². The maximum atomic E-state index is 10.7. The van der Waals surface area contributed by atoms with Crippen LogP contribution in [0.3, 0.4) is 0 Å². The number of carbonyl (C=O) groups is 1. The van der Waals surface area contributed by atoms with E-state index in [2.05, 4.69) is 9.72 Å². The summed E-state index contributed by atoms with van der Waals surface area (Å²) in [6.45, 7) is 0.555. The lowest BCUT2D eigenvalue weighted by Crippen LogP contribution is -2.19.